The molecule has 6 nitrogen and oxygen atoms in total. The van der Waals surface area contributed by atoms with Crippen LogP contribution in [0, 0.1) is 5.92 Å². The summed E-state index contributed by atoms with van der Waals surface area (Å²) in [5.74, 6) is -0.0742. The van der Waals surface area contributed by atoms with Gasteiger partial charge < -0.3 is 21.1 Å². The molecule has 0 aliphatic carbocycles. The van der Waals surface area contributed by atoms with Gasteiger partial charge in [-0.25, -0.2) is 0 Å². The highest BCUT2D eigenvalue weighted by Gasteiger charge is 2.25. The second-order valence-corrected chi connectivity index (χ2v) is 7.11. The molecule has 1 aliphatic heterocycles. The number of amides is 2. The quantitative estimate of drug-likeness (QED) is 0.577. The molecule has 2 rings (SSSR count). The molecule has 1 aromatic rings. The number of carbonyl (C=O) groups excluding carboxylic acids is 2. The van der Waals surface area contributed by atoms with Gasteiger partial charge in [0.2, 0.25) is 11.8 Å². The smallest absolute Gasteiger partial charge is 0.233 e. The number of rotatable bonds is 6. The first-order chi connectivity index (χ1) is 11.0. The number of hydrogen-bond donors (Lipinski definition) is 4. The molecule has 4 N–H and O–H groups in total. The highest BCUT2D eigenvalue weighted by Crippen LogP contribution is 2.25. The summed E-state index contributed by atoms with van der Waals surface area (Å²) < 4.78 is 0. The van der Waals surface area contributed by atoms with E-state index in [1.54, 1.807) is 0 Å². The summed E-state index contributed by atoms with van der Waals surface area (Å²) >= 11 is 1.46. The molecule has 3 unspecified atom stereocenters. The van der Waals surface area contributed by atoms with Crippen molar-refractivity contribution in [3.05, 3.63) is 24.3 Å². The maximum absolute atomic E-state index is 12.1. The predicted octanol–water partition coefficient (Wildman–Crippen LogP) is 0.822. The number of thioether (sulfide) groups is 1. The number of anilines is 1. The third-order valence-electron chi connectivity index (χ3n) is 3.70. The molecular weight excluding hydrogens is 314 g/mol. The van der Waals surface area contributed by atoms with Crippen LogP contribution in [0.25, 0.3) is 0 Å². The molecule has 2 amide bonds. The van der Waals surface area contributed by atoms with E-state index in [0.717, 1.165) is 17.1 Å². The fourth-order valence-electron chi connectivity index (χ4n) is 2.38. The molecule has 0 aromatic heterocycles. The van der Waals surface area contributed by atoms with E-state index < -0.39 is 0 Å². The molecule has 1 aliphatic rings. The monoisotopic (exact) mass is 337 g/mol. The van der Waals surface area contributed by atoms with Crippen LogP contribution in [0.1, 0.15) is 13.8 Å². The average Bonchev–Trinajstić information content (AvgIpc) is 2.91. The van der Waals surface area contributed by atoms with Crippen molar-refractivity contribution in [3.63, 3.8) is 0 Å². The summed E-state index contributed by atoms with van der Waals surface area (Å²) in [7, 11) is 0. The molecular formula is C16H23N3O3S. The highest BCUT2D eigenvalue weighted by atomic mass is 32.2. The van der Waals surface area contributed by atoms with E-state index in [9.17, 15) is 14.7 Å². The van der Waals surface area contributed by atoms with E-state index in [0.29, 0.717) is 13.1 Å². The first kappa shape index (κ1) is 17.8. The van der Waals surface area contributed by atoms with Crippen LogP contribution in [0.3, 0.4) is 0 Å². The van der Waals surface area contributed by atoms with E-state index in [1.807, 2.05) is 31.2 Å². The molecule has 23 heavy (non-hydrogen) atoms. The van der Waals surface area contributed by atoms with Crippen molar-refractivity contribution in [2.45, 2.75) is 30.1 Å². The van der Waals surface area contributed by atoms with Crippen molar-refractivity contribution in [2.24, 2.45) is 5.92 Å². The fourth-order valence-corrected chi connectivity index (χ4v) is 3.27. The van der Waals surface area contributed by atoms with Gasteiger partial charge in [0.15, 0.2) is 0 Å². The maximum atomic E-state index is 12.1. The third-order valence-corrected chi connectivity index (χ3v) is 4.81. The minimum atomic E-state index is -0.389. The van der Waals surface area contributed by atoms with Crippen LogP contribution in [0.4, 0.5) is 5.69 Å². The molecule has 1 aromatic carbocycles. The Hall–Kier alpha value is -1.57. The van der Waals surface area contributed by atoms with Gasteiger partial charge >= 0.3 is 0 Å². The van der Waals surface area contributed by atoms with Crippen LogP contribution in [0.5, 0.6) is 0 Å². The average molecular weight is 337 g/mol. The highest BCUT2D eigenvalue weighted by molar-refractivity contribution is 8.00. The SMILES string of the molecule is CC(=O)Nc1ccc(SC(C)C(=O)NCC2CNCC2O)cc1. The summed E-state index contributed by atoms with van der Waals surface area (Å²) in [6.45, 7) is 5.12. The van der Waals surface area contributed by atoms with Crippen LogP contribution in [0.2, 0.25) is 0 Å². The first-order valence-corrected chi connectivity index (χ1v) is 8.54. The lowest BCUT2D eigenvalue weighted by atomic mass is 10.1. The first-order valence-electron chi connectivity index (χ1n) is 7.66. The summed E-state index contributed by atoms with van der Waals surface area (Å²) in [6, 6.07) is 7.39. The fraction of sp³-hybridized carbons (Fsp3) is 0.500. The van der Waals surface area contributed by atoms with Gasteiger partial charge in [-0.1, -0.05) is 0 Å². The van der Waals surface area contributed by atoms with Gasteiger partial charge in [0.05, 0.1) is 11.4 Å². The number of aliphatic hydroxyl groups excluding tert-OH is 1. The molecule has 126 valence electrons. The number of aliphatic hydroxyl groups is 1. The minimum absolute atomic E-state index is 0.0416. The summed E-state index contributed by atoms with van der Waals surface area (Å²) in [4.78, 5) is 24.1. The molecule has 0 spiro atoms. The van der Waals surface area contributed by atoms with Crippen molar-refractivity contribution >= 4 is 29.3 Å². The predicted molar refractivity (Wildman–Crippen MR) is 91.4 cm³/mol. The lowest BCUT2D eigenvalue weighted by Crippen LogP contribution is -2.38. The van der Waals surface area contributed by atoms with Crippen molar-refractivity contribution in [3.8, 4) is 0 Å². The Bertz CT molecular complexity index is 550. The zero-order valence-corrected chi connectivity index (χ0v) is 14.2. The van der Waals surface area contributed by atoms with Gasteiger partial charge in [-0.2, -0.15) is 0 Å². The van der Waals surface area contributed by atoms with Crippen molar-refractivity contribution in [2.75, 3.05) is 25.0 Å². The van der Waals surface area contributed by atoms with Gasteiger partial charge in [0.25, 0.3) is 0 Å². The van der Waals surface area contributed by atoms with Crippen LogP contribution < -0.4 is 16.0 Å². The summed E-state index contributed by atoms with van der Waals surface area (Å²) in [5, 5.41) is 18.2. The van der Waals surface area contributed by atoms with E-state index in [2.05, 4.69) is 16.0 Å². The maximum Gasteiger partial charge on any atom is 0.233 e. The zero-order valence-electron chi connectivity index (χ0n) is 13.3. The Morgan fingerprint density at radius 2 is 2.04 bits per heavy atom. The van der Waals surface area contributed by atoms with Crippen LogP contribution in [0.15, 0.2) is 29.2 Å². The Balaban J connectivity index is 1.79. The van der Waals surface area contributed by atoms with Gasteiger partial charge in [-0.05, 0) is 31.2 Å². The molecule has 3 atom stereocenters. The van der Waals surface area contributed by atoms with E-state index in [4.69, 9.17) is 0 Å². The van der Waals surface area contributed by atoms with E-state index in [-0.39, 0.29) is 29.1 Å². The Labute approximate surface area is 140 Å². The summed E-state index contributed by atoms with van der Waals surface area (Å²) in [6.07, 6.45) is -0.389. The number of carbonyl (C=O) groups is 2. The Kier molecular flexibility index (Phi) is 6.44. The van der Waals surface area contributed by atoms with Gasteiger partial charge in [-0.15, -0.1) is 11.8 Å². The summed E-state index contributed by atoms with van der Waals surface area (Å²) in [5.41, 5.74) is 0.738. The van der Waals surface area contributed by atoms with Gasteiger partial charge in [0.1, 0.15) is 0 Å². The third kappa shape index (κ3) is 5.53. The van der Waals surface area contributed by atoms with Crippen molar-refractivity contribution < 1.29 is 14.7 Å². The topological polar surface area (TPSA) is 90.5 Å². The Morgan fingerprint density at radius 3 is 2.61 bits per heavy atom. The number of β-amino-alcohol motifs (C(OH)–C–C–N with tert-alkyl or cyclic N) is 1. The molecule has 1 saturated heterocycles. The number of hydrogen-bond acceptors (Lipinski definition) is 5. The van der Waals surface area contributed by atoms with E-state index >= 15 is 0 Å². The molecule has 0 bridgehead atoms. The zero-order chi connectivity index (χ0) is 16.8. The molecule has 0 radical (unpaired) electrons. The molecule has 7 heteroatoms. The minimum Gasteiger partial charge on any atom is -0.391 e. The van der Waals surface area contributed by atoms with Gasteiger partial charge in [0, 0.05) is 43.1 Å². The lowest BCUT2D eigenvalue weighted by Gasteiger charge is -2.17. The van der Waals surface area contributed by atoms with Crippen LogP contribution in [-0.4, -0.2) is 47.9 Å². The molecule has 1 heterocycles. The Morgan fingerprint density at radius 1 is 1.35 bits per heavy atom. The second-order valence-electron chi connectivity index (χ2n) is 5.70. The van der Waals surface area contributed by atoms with Crippen molar-refractivity contribution in [1.29, 1.82) is 0 Å². The number of nitrogens with one attached hydrogen (secondary N) is 3. The van der Waals surface area contributed by atoms with E-state index in [1.165, 1.54) is 18.7 Å². The van der Waals surface area contributed by atoms with Crippen LogP contribution >= 0.6 is 11.8 Å². The second kappa shape index (κ2) is 8.33. The molecule has 1 fully saturated rings. The van der Waals surface area contributed by atoms with Crippen molar-refractivity contribution in [1.82, 2.24) is 10.6 Å². The standard InChI is InChI=1S/C16H23N3O3S/c1-10(16(22)18-8-12-7-17-9-15(12)21)23-14-5-3-13(4-6-14)19-11(2)20/h3-6,10,12,15,17,21H,7-9H2,1-2H3,(H,18,22)(H,19,20). The van der Waals surface area contributed by atoms with Gasteiger partial charge in [-0.3, -0.25) is 9.59 Å². The molecule has 0 saturated carbocycles. The van der Waals surface area contributed by atoms with Crippen LogP contribution in [-0.2, 0) is 9.59 Å². The largest absolute Gasteiger partial charge is 0.391 e. The normalized spacial score (nSPS) is 21.7. The number of benzene rings is 1. The lowest BCUT2D eigenvalue weighted by molar-refractivity contribution is -0.120.